The van der Waals surface area contributed by atoms with E-state index in [1.165, 1.54) is 30.1 Å². The summed E-state index contributed by atoms with van der Waals surface area (Å²) < 4.78 is 0. The summed E-state index contributed by atoms with van der Waals surface area (Å²) in [6.07, 6.45) is 0. The largest absolute Gasteiger partial charge is 0.393 e. The van der Waals surface area contributed by atoms with Gasteiger partial charge in [0.1, 0.15) is 5.69 Å². The van der Waals surface area contributed by atoms with Gasteiger partial charge in [0, 0.05) is 19.7 Å². The Bertz CT molecular complexity index is 550. The number of carbonyl (C=O) groups excluding carboxylic acids is 1. The van der Waals surface area contributed by atoms with Gasteiger partial charge >= 0.3 is 0 Å². The molecule has 7 nitrogen and oxygen atoms in total. The molecule has 0 spiro atoms. The van der Waals surface area contributed by atoms with Crippen molar-refractivity contribution < 1.29 is 9.72 Å². The molecule has 0 fully saturated rings. The van der Waals surface area contributed by atoms with E-state index in [1.54, 1.807) is 6.92 Å². The number of nitro groups is 1. The molecule has 2 N–H and O–H groups in total. The molecule has 1 unspecified atom stereocenters. The van der Waals surface area contributed by atoms with E-state index >= 15 is 0 Å². The molecule has 19 heavy (non-hydrogen) atoms. The van der Waals surface area contributed by atoms with Crippen LogP contribution in [0.3, 0.4) is 0 Å². The molecule has 1 aromatic carbocycles. The smallest absolute Gasteiger partial charge is 0.292 e. The number of hydrogen-bond acceptors (Lipinski definition) is 5. The molecule has 1 atom stereocenters. The number of nitriles is 1. The van der Waals surface area contributed by atoms with Crippen molar-refractivity contribution in [3.05, 3.63) is 33.9 Å². The molecular weight excluding hydrogens is 248 g/mol. The Morgan fingerprint density at radius 3 is 2.79 bits per heavy atom. The van der Waals surface area contributed by atoms with Gasteiger partial charge < -0.3 is 10.6 Å². The Hall–Kier alpha value is -2.62. The molecule has 0 aliphatic heterocycles. The van der Waals surface area contributed by atoms with Gasteiger partial charge in [0.25, 0.3) is 11.6 Å². The van der Waals surface area contributed by atoms with Crippen LogP contribution < -0.4 is 5.73 Å². The highest BCUT2D eigenvalue weighted by Gasteiger charge is 2.22. The average Bonchev–Trinajstić information content (AvgIpc) is 2.37. The number of benzene rings is 1. The highest BCUT2D eigenvalue weighted by molar-refractivity contribution is 6.00. The van der Waals surface area contributed by atoms with E-state index in [9.17, 15) is 14.9 Å². The first-order valence-corrected chi connectivity index (χ1v) is 5.56. The quantitative estimate of drug-likeness (QED) is 0.500. The fourth-order valence-corrected chi connectivity index (χ4v) is 1.64. The van der Waals surface area contributed by atoms with Gasteiger partial charge in [-0.1, -0.05) is 6.07 Å². The molecule has 0 aromatic heterocycles. The summed E-state index contributed by atoms with van der Waals surface area (Å²) in [5.74, 6) is -0.767. The van der Waals surface area contributed by atoms with Crippen molar-refractivity contribution in [2.75, 3.05) is 19.3 Å². The van der Waals surface area contributed by atoms with Gasteiger partial charge in [0.05, 0.1) is 22.5 Å². The van der Waals surface area contributed by atoms with E-state index in [2.05, 4.69) is 0 Å². The predicted molar refractivity (Wildman–Crippen MR) is 69.2 cm³/mol. The third kappa shape index (κ3) is 3.19. The number of nitrogens with zero attached hydrogens (tertiary/aromatic N) is 3. The summed E-state index contributed by atoms with van der Waals surface area (Å²) in [6.45, 7) is 1.91. The number of hydrogen-bond donors (Lipinski definition) is 1. The van der Waals surface area contributed by atoms with Crippen LogP contribution >= 0.6 is 0 Å². The summed E-state index contributed by atoms with van der Waals surface area (Å²) >= 11 is 0. The standard InChI is InChI=1S/C12H14N4O3/c1-8(6-13)7-15(2)12(17)9-4-3-5-10(11(9)14)16(18)19/h3-5,8H,7,14H2,1-2H3. The lowest BCUT2D eigenvalue weighted by Gasteiger charge is -2.19. The van der Waals surface area contributed by atoms with Gasteiger partial charge in [-0.05, 0) is 13.0 Å². The fourth-order valence-electron chi connectivity index (χ4n) is 1.64. The molecule has 0 aliphatic rings. The molecule has 1 rings (SSSR count). The van der Waals surface area contributed by atoms with E-state index in [0.29, 0.717) is 0 Å². The van der Waals surface area contributed by atoms with Gasteiger partial charge in [-0.15, -0.1) is 0 Å². The second-order valence-corrected chi connectivity index (χ2v) is 4.21. The zero-order chi connectivity index (χ0) is 14.6. The van der Waals surface area contributed by atoms with Crippen molar-refractivity contribution in [3.8, 4) is 6.07 Å². The topological polar surface area (TPSA) is 113 Å². The van der Waals surface area contributed by atoms with E-state index in [4.69, 9.17) is 11.0 Å². The minimum absolute atomic E-state index is 0.0711. The maximum absolute atomic E-state index is 12.1. The van der Waals surface area contributed by atoms with Crippen molar-refractivity contribution in [2.24, 2.45) is 5.92 Å². The Labute approximate surface area is 110 Å². The fraction of sp³-hybridized carbons (Fsp3) is 0.333. The number of amides is 1. The number of anilines is 1. The van der Waals surface area contributed by atoms with Crippen LogP contribution in [0.1, 0.15) is 17.3 Å². The van der Waals surface area contributed by atoms with Crippen LogP contribution in [0.4, 0.5) is 11.4 Å². The van der Waals surface area contributed by atoms with E-state index in [-0.39, 0.29) is 29.4 Å². The Balaban J connectivity index is 3.04. The third-order valence-electron chi connectivity index (χ3n) is 2.63. The minimum atomic E-state index is -0.635. The van der Waals surface area contributed by atoms with E-state index < -0.39 is 10.8 Å². The third-order valence-corrected chi connectivity index (χ3v) is 2.63. The Morgan fingerprint density at radius 2 is 2.26 bits per heavy atom. The molecule has 7 heteroatoms. The van der Waals surface area contributed by atoms with Gasteiger partial charge in [0.15, 0.2) is 0 Å². The summed E-state index contributed by atoms with van der Waals surface area (Å²) in [4.78, 5) is 23.5. The van der Waals surface area contributed by atoms with Crippen LogP contribution in [-0.2, 0) is 0 Å². The normalized spacial score (nSPS) is 11.4. The molecular formula is C12H14N4O3. The number of carbonyl (C=O) groups is 1. The number of para-hydroxylation sites is 1. The lowest BCUT2D eigenvalue weighted by Crippen LogP contribution is -2.31. The highest BCUT2D eigenvalue weighted by atomic mass is 16.6. The second-order valence-electron chi connectivity index (χ2n) is 4.21. The zero-order valence-electron chi connectivity index (χ0n) is 10.7. The summed E-state index contributed by atoms with van der Waals surface area (Å²) in [5.41, 5.74) is 5.25. The molecule has 0 aliphatic carbocycles. The van der Waals surface area contributed by atoms with Crippen molar-refractivity contribution in [3.63, 3.8) is 0 Å². The van der Waals surface area contributed by atoms with E-state index in [1.807, 2.05) is 6.07 Å². The van der Waals surface area contributed by atoms with Gasteiger partial charge in [-0.3, -0.25) is 14.9 Å². The highest BCUT2D eigenvalue weighted by Crippen LogP contribution is 2.25. The van der Waals surface area contributed by atoms with Crippen LogP contribution in [0.15, 0.2) is 18.2 Å². The maximum Gasteiger partial charge on any atom is 0.292 e. The average molecular weight is 262 g/mol. The molecule has 1 amide bonds. The Morgan fingerprint density at radius 1 is 1.63 bits per heavy atom. The van der Waals surface area contributed by atoms with Crippen molar-refractivity contribution in [1.82, 2.24) is 4.90 Å². The van der Waals surface area contributed by atoms with E-state index in [0.717, 1.165) is 0 Å². The Kier molecular flexibility index (Phi) is 4.42. The van der Waals surface area contributed by atoms with Gasteiger partial charge in [-0.2, -0.15) is 5.26 Å². The SMILES string of the molecule is CC(C#N)CN(C)C(=O)c1cccc([N+](=O)[O-])c1N. The summed E-state index contributed by atoms with van der Waals surface area (Å²) in [6, 6.07) is 6.09. The number of nitrogens with two attached hydrogens (primary N) is 1. The molecule has 0 bridgehead atoms. The minimum Gasteiger partial charge on any atom is -0.393 e. The number of rotatable bonds is 4. The van der Waals surface area contributed by atoms with Crippen molar-refractivity contribution in [2.45, 2.75) is 6.92 Å². The molecule has 100 valence electrons. The van der Waals surface area contributed by atoms with Crippen LogP contribution in [-0.4, -0.2) is 29.3 Å². The summed E-state index contributed by atoms with van der Waals surface area (Å²) in [7, 11) is 1.52. The van der Waals surface area contributed by atoms with Crippen LogP contribution in [0.25, 0.3) is 0 Å². The van der Waals surface area contributed by atoms with Gasteiger partial charge in [-0.25, -0.2) is 0 Å². The predicted octanol–water partition coefficient (Wildman–Crippen LogP) is 1.41. The summed E-state index contributed by atoms with van der Waals surface area (Å²) in [5, 5.41) is 19.5. The molecule has 0 saturated heterocycles. The van der Waals surface area contributed by atoms with Crippen LogP contribution in [0, 0.1) is 27.4 Å². The lowest BCUT2D eigenvalue weighted by molar-refractivity contribution is -0.383. The molecule has 0 saturated carbocycles. The van der Waals surface area contributed by atoms with Crippen LogP contribution in [0.5, 0.6) is 0 Å². The first-order valence-electron chi connectivity index (χ1n) is 5.56. The zero-order valence-corrected chi connectivity index (χ0v) is 10.7. The lowest BCUT2D eigenvalue weighted by atomic mass is 10.1. The first-order chi connectivity index (χ1) is 8.88. The maximum atomic E-state index is 12.1. The first kappa shape index (κ1) is 14.4. The van der Waals surface area contributed by atoms with Crippen molar-refractivity contribution in [1.29, 1.82) is 5.26 Å². The van der Waals surface area contributed by atoms with Crippen LogP contribution in [0.2, 0.25) is 0 Å². The number of nitro benzene ring substituents is 1. The molecule has 0 heterocycles. The van der Waals surface area contributed by atoms with Crippen molar-refractivity contribution >= 4 is 17.3 Å². The molecule has 0 radical (unpaired) electrons. The second kappa shape index (κ2) is 5.82. The molecule has 1 aromatic rings. The monoisotopic (exact) mass is 262 g/mol. The number of nitrogen functional groups attached to an aromatic ring is 1. The van der Waals surface area contributed by atoms with Gasteiger partial charge in [0.2, 0.25) is 0 Å².